The minimum atomic E-state index is -0.00419. The third-order valence-electron chi connectivity index (χ3n) is 4.60. The topological polar surface area (TPSA) is 40.6 Å². The van der Waals surface area contributed by atoms with Gasteiger partial charge in [-0.1, -0.05) is 30.3 Å². The normalized spacial score (nSPS) is 21.2. The lowest BCUT2D eigenvalue weighted by molar-refractivity contribution is -0.119. The maximum atomic E-state index is 12.7. The summed E-state index contributed by atoms with van der Waals surface area (Å²) in [5, 5.41) is -0.00419. The average molecular weight is 385 g/mol. The van der Waals surface area contributed by atoms with E-state index in [1.165, 1.54) is 0 Å². The summed E-state index contributed by atoms with van der Waals surface area (Å²) < 4.78 is 0. The van der Waals surface area contributed by atoms with Gasteiger partial charge in [0.1, 0.15) is 5.37 Å². The Labute approximate surface area is 161 Å². The van der Waals surface area contributed by atoms with Gasteiger partial charge in [-0.3, -0.25) is 14.5 Å². The van der Waals surface area contributed by atoms with Crippen molar-refractivity contribution in [2.45, 2.75) is 18.2 Å². The molecule has 6 heteroatoms. The van der Waals surface area contributed by atoms with Crippen molar-refractivity contribution in [2.24, 2.45) is 0 Å². The number of anilines is 2. The van der Waals surface area contributed by atoms with Gasteiger partial charge in [0.2, 0.25) is 11.8 Å². The summed E-state index contributed by atoms with van der Waals surface area (Å²) in [5.41, 5.74) is 2.92. The van der Waals surface area contributed by atoms with Crippen molar-refractivity contribution in [3.63, 3.8) is 0 Å². The van der Waals surface area contributed by atoms with Gasteiger partial charge in [-0.25, -0.2) is 0 Å². The van der Waals surface area contributed by atoms with Crippen molar-refractivity contribution in [1.82, 2.24) is 0 Å². The van der Waals surface area contributed by atoms with E-state index in [1.807, 2.05) is 52.3 Å². The molecular formula is C20H20N2O2S2. The Kier molecular flexibility index (Phi) is 5.22. The smallest absolute Gasteiger partial charge is 0.229 e. The molecule has 2 heterocycles. The molecule has 0 radical (unpaired) electrons. The van der Waals surface area contributed by atoms with Crippen LogP contribution in [0.25, 0.3) is 0 Å². The Balaban J connectivity index is 1.62. The SMILES string of the molecule is O=C1CCSCN1c1ccc(N2C(=O)CCSC2c2ccccc2)cc1. The molecule has 26 heavy (non-hydrogen) atoms. The Morgan fingerprint density at radius 1 is 0.808 bits per heavy atom. The molecule has 0 aromatic heterocycles. The Morgan fingerprint density at radius 3 is 2.23 bits per heavy atom. The Bertz CT molecular complexity index is 795. The molecule has 2 amide bonds. The van der Waals surface area contributed by atoms with Gasteiger partial charge in [0.05, 0.1) is 5.88 Å². The van der Waals surface area contributed by atoms with Crippen molar-refractivity contribution >= 4 is 46.7 Å². The summed E-state index contributed by atoms with van der Waals surface area (Å²) in [7, 11) is 0. The lowest BCUT2D eigenvalue weighted by Crippen LogP contribution is -2.37. The number of amides is 2. The zero-order valence-corrected chi connectivity index (χ0v) is 16.0. The van der Waals surface area contributed by atoms with Crippen LogP contribution in [-0.4, -0.2) is 29.2 Å². The largest absolute Gasteiger partial charge is 0.303 e. The average Bonchev–Trinajstić information content (AvgIpc) is 2.69. The number of hydrogen-bond donors (Lipinski definition) is 0. The molecular weight excluding hydrogens is 364 g/mol. The number of carbonyl (C=O) groups excluding carboxylic acids is 2. The fraction of sp³-hybridized carbons (Fsp3) is 0.300. The molecule has 2 saturated heterocycles. The lowest BCUT2D eigenvalue weighted by Gasteiger charge is -2.36. The van der Waals surface area contributed by atoms with E-state index in [-0.39, 0.29) is 17.2 Å². The minimum Gasteiger partial charge on any atom is -0.303 e. The van der Waals surface area contributed by atoms with Crippen molar-refractivity contribution < 1.29 is 9.59 Å². The van der Waals surface area contributed by atoms with Gasteiger partial charge >= 0.3 is 0 Å². The highest BCUT2D eigenvalue weighted by Gasteiger charge is 2.31. The highest BCUT2D eigenvalue weighted by Crippen LogP contribution is 2.40. The standard InChI is InChI=1S/C20H20N2O2S2/c23-18-10-12-25-14-21(18)16-6-8-17(9-7-16)22-19(24)11-13-26-20(22)15-4-2-1-3-5-15/h1-9,20H,10-14H2. The molecule has 1 unspecified atom stereocenters. The zero-order chi connectivity index (χ0) is 17.9. The molecule has 0 spiro atoms. The van der Waals surface area contributed by atoms with E-state index in [0.29, 0.717) is 18.7 Å². The summed E-state index contributed by atoms with van der Waals surface area (Å²) in [6.45, 7) is 0. The number of benzene rings is 2. The Hall–Kier alpha value is -1.92. The molecule has 0 N–H and O–H groups in total. The highest BCUT2D eigenvalue weighted by molar-refractivity contribution is 7.99. The fourth-order valence-corrected chi connectivity index (χ4v) is 5.44. The molecule has 4 rings (SSSR count). The molecule has 0 aliphatic carbocycles. The predicted octanol–water partition coefficient (Wildman–Crippen LogP) is 4.28. The van der Waals surface area contributed by atoms with Crippen LogP contribution in [0.5, 0.6) is 0 Å². The van der Waals surface area contributed by atoms with Crippen molar-refractivity contribution in [3.05, 3.63) is 60.2 Å². The first-order chi connectivity index (χ1) is 12.7. The van der Waals surface area contributed by atoms with Crippen LogP contribution in [0.1, 0.15) is 23.8 Å². The van der Waals surface area contributed by atoms with Crippen LogP contribution in [-0.2, 0) is 9.59 Å². The number of carbonyl (C=O) groups is 2. The molecule has 2 aromatic carbocycles. The summed E-state index contributed by atoms with van der Waals surface area (Å²) in [6.07, 6.45) is 1.14. The first-order valence-corrected chi connectivity index (χ1v) is 10.9. The van der Waals surface area contributed by atoms with Crippen molar-refractivity contribution in [2.75, 3.05) is 27.2 Å². The minimum absolute atomic E-state index is 0.00419. The van der Waals surface area contributed by atoms with E-state index >= 15 is 0 Å². The summed E-state index contributed by atoms with van der Waals surface area (Å²) in [6, 6.07) is 18.0. The highest BCUT2D eigenvalue weighted by atomic mass is 32.2. The third kappa shape index (κ3) is 3.48. The molecule has 2 aliphatic heterocycles. The first kappa shape index (κ1) is 17.5. The summed E-state index contributed by atoms with van der Waals surface area (Å²) >= 11 is 3.56. The van der Waals surface area contributed by atoms with Gasteiger partial charge in [0.25, 0.3) is 0 Å². The number of nitrogens with zero attached hydrogens (tertiary/aromatic N) is 2. The molecule has 0 bridgehead atoms. The molecule has 2 fully saturated rings. The number of hydrogen-bond acceptors (Lipinski definition) is 4. The second-order valence-electron chi connectivity index (χ2n) is 6.27. The molecule has 134 valence electrons. The van der Waals surface area contributed by atoms with Gasteiger partial charge in [-0.15, -0.1) is 23.5 Å². The molecule has 2 aromatic rings. The predicted molar refractivity (Wildman–Crippen MR) is 110 cm³/mol. The second kappa shape index (κ2) is 7.76. The second-order valence-corrected chi connectivity index (χ2v) is 8.54. The van der Waals surface area contributed by atoms with E-state index in [1.54, 1.807) is 23.5 Å². The Morgan fingerprint density at radius 2 is 1.50 bits per heavy atom. The van der Waals surface area contributed by atoms with E-state index in [0.717, 1.165) is 28.4 Å². The van der Waals surface area contributed by atoms with Gasteiger partial charge in [-0.2, -0.15) is 0 Å². The van der Waals surface area contributed by atoms with Crippen LogP contribution in [0.2, 0.25) is 0 Å². The third-order valence-corrected chi connectivity index (χ3v) is 6.77. The monoisotopic (exact) mass is 384 g/mol. The first-order valence-electron chi connectivity index (χ1n) is 8.71. The van der Waals surface area contributed by atoms with Crippen LogP contribution >= 0.6 is 23.5 Å². The van der Waals surface area contributed by atoms with Crippen LogP contribution in [0.4, 0.5) is 11.4 Å². The zero-order valence-electron chi connectivity index (χ0n) is 14.3. The van der Waals surface area contributed by atoms with Crippen LogP contribution in [0, 0.1) is 0 Å². The molecule has 1 atom stereocenters. The van der Waals surface area contributed by atoms with E-state index in [4.69, 9.17) is 0 Å². The summed E-state index contributed by atoms with van der Waals surface area (Å²) in [5.74, 6) is 2.75. The van der Waals surface area contributed by atoms with Crippen LogP contribution in [0.3, 0.4) is 0 Å². The quantitative estimate of drug-likeness (QED) is 0.792. The van der Waals surface area contributed by atoms with Crippen LogP contribution < -0.4 is 9.80 Å². The van der Waals surface area contributed by atoms with Crippen molar-refractivity contribution in [1.29, 1.82) is 0 Å². The van der Waals surface area contributed by atoms with Gasteiger partial charge < -0.3 is 4.90 Å². The van der Waals surface area contributed by atoms with Gasteiger partial charge in [-0.05, 0) is 29.8 Å². The van der Waals surface area contributed by atoms with Gasteiger partial charge in [0, 0.05) is 35.7 Å². The molecule has 4 nitrogen and oxygen atoms in total. The van der Waals surface area contributed by atoms with E-state index in [2.05, 4.69) is 12.1 Å². The summed E-state index contributed by atoms with van der Waals surface area (Å²) in [4.78, 5) is 28.5. The van der Waals surface area contributed by atoms with Crippen molar-refractivity contribution in [3.8, 4) is 0 Å². The molecule has 2 aliphatic rings. The lowest BCUT2D eigenvalue weighted by atomic mass is 10.1. The maximum absolute atomic E-state index is 12.7. The van der Waals surface area contributed by atoms with Gasteiger partial charge in [0.15, 0.2) is 0 Å². The van der Waals surface area contributed by atoms with E-state index in [9.17, 15) is 9.59 Å². The fourth-order valence-electron chi connectivity index (χ4n) is 3.26. The maximum Gasteiger partial charge on any atom is 0.229 e. The number of rotatable bonds is 3. The molecule has 0 saturated carbocycles. The van der Waals surface area contributed by atoms with Crippen LogP contribution in [0.15, 0.2) is 54.6 Å². The van der Waals surface area contributed by atoms with E-state index < -0.39 is 0 Å². The number of thioether (sulfide) groups is 2.